The van der Waals surface area contributed by atoms with Crippen molar-refractivity contribution in [3.63, 3.8) is 0 Å². The van der Waals surface area contributed by atoms with Crippen LogP contribution >= 0.6 is 39.1 Å². The zero-order valence-corrected chi connectivity index (χ0v) is 13.4. The maximum absolute atomic E-state index is 14.0. The summed E-state index contributed by atoms with van der Waals surface area (Å²) in [4.78, 5) is -0.0929. The molecule has 0 aromatic heterocycles. The monoisotopic (exact) mass is 360 g/mol. The predicted octanol–water partition coefficient (Wildman–Crippen LogP) is 6.12. The second-order valence-corrected chi connectivity index (χ2v) is 6.32. The Hall–Kier alpha value is -0.570. The molecule has 0 spiro atoms. The molecule has 4 heteroatoms. The summed E-state index contributed by atoms with van der Waals surface area (Å²) in [5.74, 6) is -0.163. The Kier molecular flexibility index (Phi) is 4.88. The van der Waals surface area contributed by atoms with Gasteiger partial charge in [0.15, 0.2) is 0 Å². The van der Waals surface area contributed by atoms with E-state index in [-0.39, 0.29) is 10.6 Å². The number of hydrogen-bond donors (Lipinski definition) is 0. The zero-order valence-electron chi connectivity index (χ0n) is 10.3. The minimum atomic E-state index is -0.163. The lowest BCUT2D eigenvalue weighted by Gasteiger charge is -2.13. The van der Waals surface area contributed by atoms with Gasteiger partial charge >= 0.3 is 0 Å². The van der Waals surface area contributed by atoms with Crippen molar-refractivity contribution in [3.8, 4) is 0 Å². The van der Waals surface area contributed by atoms with Gasteiger partial charge in [-0.1, -0.05) is 63.4 Å². The second-order valence-electron chi connectivity index (χ2n) is 4.40. The third-order valence-corrected chi connectivity index (χ3v) is 4.51. The standard InChI is InChI=1S/C15H12BrCl2F/c1-9-3-2-4-11(15(9)19)12(16)7-10-5-6-13(17)14(18)8-10/h2-6,8,12H,7H2,1H3. The van der Waals surface area contributed by atoms with Crippen molar-refractivity contribution in [1.82, 2.24) is 0 Å². The van der Waals surface area contributed by atoms with Gasteiger partial charge in [0, 0.05) is 10.4 Å². The highest BCUT2D eigenvalue weighted by atomic mass is 79.9. The lowest BCUT2D eigenvalue weighted by molar-refractivity contribution is 0.599. The van der Waals surface area contributed by atoms with Crippen molar-refractivity contribution in [2.45, 2.75) is 18.2 Å². The molecule has 1 unspecified atom stereocenters. The largest absolute Gasteiger partial charge is 0.206 e. The van der Waals surface area contributed by atoms with Crippen molar-refractivity contribution in [3.05, 3.63) is 69.0 Å². The van der Waals surface area contributed by atoms with E-state index < -0.39 is 0 Å². The number of halogens is 4. The van der Waals surface area contributed by atoms with Crippen LogP contribution in [0.15, 0.2) is 36.4 Å². The van der Waals surface area contributed by atoms with Gasteiger partial charge in [-0.25, -0.2) is 4.39 Å². The summed E-state index contributed by atoms with van der Waals surface area (Å²) in [6.45, 7) is 1.76. The van der Waals surface area contributed by atoms with E-state index in [4.69, 9.17) is 23.2 Å². The quantitative estimate of drug-likeness (QED) is 0.577. The molecule has 0 saturated carbocycles. The Bertz CT molecular complexity index is 599. The Morgan fingerprint density at radius 1 is 1.16 bits per heavy atom. The smallest absolute Gasteiger partial charge is 0.130 e. The predicted molar refractivity (Wildman–Crippen MR) is 83.0 cm³/mol. The molecule has 0 N–H and O–H groups in total. The minimum absolute atomic E-state index is 0.0929. The van der Waals surface area contributed by atoms with E-state index in [1.54, 1.807) is 25.1 Å². The molecule has 0 nitrogen and oxygen atoms in total. The summed E-state index contributed by atoms with van der Waals surface area (Å²) < 4.78 is 14.0. The van der Waals surface area contributed by atoms with Gasteiger partial charge in [-0.05, 0) is 36.6 Å². The Morgan fingerprint density at radius 3 is 2.58 bits per heavy atom. The van der Waals surface area contributed by atoms with Crippen molar-refractivity contribution < 1.29 is 4.39 Å². The first-order chi connectivity index (χ1) is 8.99. The topological polar surface area (TPSA) is 0 Å². The summed E-state index contributed by atoms with van der Waals surface area (Å²) in [6, 6.07) is 10.9. The van der Waals surface area contributed by atoms with Crippen molar-refractivity contribution >= 4 is 39.1 Å². The maximum atomic E-state index is 14.0. The molecule has 0 fully saturated rings. The number of aryl methyl sites for hydroxylation is 1. The minimum Gasteiger partial charge on any atom is -0.206 e. The fourth-order valence-electron chi connectivity index (χ4n) is 1.90. The average Bonchev–Trinajstić information content (AvgIpc) is 2.37. The molecule has 100 valence electrons. The normalized spacial score (nSPS) is 12.5. The van der Waals surface area contributed by atoms with E-state index in [1.807, 2.05) is 18.2 Å². The summed E-state index contributed by atoms with van der Waals surface area (Å²) in [5, 5.41) is 1.04. The van der Waals surface area contributed by atoms with E-state index in [0.29, 0.717) is 27.6 Å². The lowest BCUT2D eigenvalue weighted by Crippen LogP contribution is -2.00. The molecule has 2 rings (SSSR count). The van der Waals surface area contributed by atoms with Crippen molar-refractivity contribution in [1.29, 1.82) is 0 Å². The van der Waals surface area contributed by atoms with Crippen molar-refractivity contribution in [2.24, 2.45) is 0 Å². The third-order valence-electron chi connectivity index (χ3n) is 2.96. The van der Waals surface area contributed by atoms with E-state index in [1.165, 1.54) is 0 Å². The molecule has 0 saturated heterocycles. The molecular formula is C15H12BrCl2F. The zero-order chi connectivity index (χ0) is 14.0. The number of benzene rings is 2. The fraction of sp³-hybridized carbons (Fsp3) is 0.200. The van der Waals surface area contributed by atoms with Crippen LogP contribution in [0.1, 0.15) is 21.5 Å². The van der Waals surface area contributed by atoms with Crippen LogP contribution in [0.3, 0.4) is 0 Å². The van der Waals surface area contributed by atoms with Gasteiger partial charge in [0.05, 0.1) is 10.0 Å². The summed E-state index contributed by atoms with van der Waals surface area (Å²) in [6.07, 6.45) is 0.650. The second kappa shape index (κ2) is 6.25. The van der Waals surface area contributed by atoms with Gasteiger partial charge in [-0.2, -0.15) is 0 Å². The van der Waals surface area contributed by atoms with E-state index >= 15 is 0 Å². The Balaban J connectivity index is 2.23. The number of alkyl halides is 1. The van der Waals surface area contributed by atoms with E-state index in [2.05, 4.69) is 15.9 Å². The molecule has 0 aliphatic heterocycles. The fourth-order valence-corrected chi connectivity index (χ4v) is 2.94. The molecule has 19 heavy (non-hydrogen) atoms. The molecule has 0 aliphatic rings. The van der Waals surface area contributed by atoms with Crippen LogP contribution in [-0.2, 0) is 6.42 Å². The molecular weight excluding hydrogens is 350 g/mol. The molecule has 0 bridgehead atoms. The van der Waals surface area contributed by atoms with Gasteiger partial charge in [0.25, 0.3) is 0 Å². The van der Waals surface area contributed by atoms with Crippen LogP contribution < -0.4 is 0 Å². The first kappa shape index (κ1) is 14.8. The first-order valence-electron chi connectivity index (χ1n) is 5.82. The highest BCUT2D eigenvalue weighted by molar-refractivity contribution is 9.09. The molecule has 0 heterocycles. The van der Waals surface area contributed by atoms with Crippen LogP contribution in [0.25, 0.3) is 0 Å². The molecule has 1 atom stereocenters. The van der Waals surface area contributed by atoms with E-state index in [0.717, 1.165) is 5.56 Å². The van der Waals surface area contributed by atoms with Gasteiger partial charge in [-0.3, -0.25) is 0 Å². The van der Waals surface area contributed by atoms with Gasteiger partial charge in [0.2, 0.25) is 0 Å². The number of hydrogen-bond acceptors (Lipinski definition) is 0. The first-order valence-corrected chi connectivity index (χ1v) is 7.49. The SMILES string of the molecule is Cc1cccc(C(Br)Cc2ccc(Cl)c(Cl)c2)c1F. The van der Waals surface area contributed by atoms with Crippen LogP contribution in [0.2, 0.25) is 10.0 Å². The lowest BCUT2D eigenvalue weighted by atomic mass is 10.0. The Morgan fingerprint density at radius 2 is 1.89 bits per heavy atom. The Labute approximate surface area is 130 Å². The van der Waals surface area contributed by atoms with Gasteiger partial charge < -0.3 is 0 Å². The molecule has 2 aromatic rings. The third kappa shape index (κ3) is 3.50. The maximum Gasteiger partial charge on any atom is 0.130 e. The van der Waals surface area contributed by atoms with E-state index in [9.17, 15) is 4.39 Å². The van der Waals surface area contributed by atoms with Gasteiger partial charge in [0.1, 0.15) is 5.82 Å². The number of rotatable bonds is 3. The summed E-state index contributed by atoms with van der Waals surface area (Å²) >= 11 is 15.4. The molecule has 0 aliphatic carbocycles. The van der Waals surface area contributed by atoms with Crippen LogP contribution in [-0.4, -0.2) is 0 Å². The highest BCUT2D eigenvalue weighted by Gasteiger charge is 2.15. The molecule has 0 amide bonds. The average molecular weight is 362 g/mol. The van der Waals surface area contributed by atoms with Gasteiger partial charge in [-0.15, -0.1) is 0 Å². The summed E-state index contributed by atoms with van der Waals surface area (Å²) in [7, 11) is 0. The highest BCUT2D eigenvalue weighted by Crippen LogP contribution is 2.32. The molecule has 2 aromatic carbocycles. The van der Waals surface area contributed by atoms with Crippen LogP contribution in [0.5, 0.6) is 0 Å². The van der Waals surface area contributed by atoms with Crippen LogP contribution in [0.4, 0.5) is 4.39 Å². The van der Waals surface area contributed by atoms with Crippen molar-refractivity contribution in [2.75, 3.05) is 0 Å². The van der Waals surface area contributed by atoms with Crippen LogP contribution in [0, 0.1) is 12.7 Å². The summed E-state index contributed by atoms with van der Waals surface area (Å²) in [5.41, 5.74) is 2.32. The molecule has 0 radical (unpaired) electrons.